The Labute approximate surface area is 154 Å². The third kappa shape index (κ3) is 4.06. The normalized spacial score (nSPS) is 20.3. The van der Waals surface area contributed by atoms with E-state index in [0.29, 0.717) is 18.5 Å². The minimum atomic E-state index is -0.511. The molecule has 2 aliphatic rings. The first kappa shape index (κ1) is 18.4. The third-order valence-electron chi connectivity index (χ3n) is 5.23. The SMILES string of the molecule is CCC1CCCCN1C(=O)COC(=O)c1ccc(N2CCCC2=O)cc1. The largest absolute Gasteiger partial charge is 0.452 e. The molecule has 3 rings (SSSR count). The molecule has 2 fully saturated rings. The highest BCUT2D eigenvalue weighted by atomic mass is 16.5. The molecular formula is C20H26N2O4. The highest BCUT2D eigenvalue weighted by Crippen LogP contribution is 2.22. The molecule has 0 aromatic heterocycles. The molecule has 0 radical (unpaired) electrons. The molecular weight excluding hydrogens is 332 g/mol. The molecule has 1 aromatic carbocycles. The maximum absolute atomic E-state index is 12.4. The lowest BCUT2D eigenvalue weighted by molar-refractivity contribution is -0.138. The number of carbonyl (C=O) groups excluding carboxylic acids is 3. The van der Waals surface area contributed by atoms with E-state index in [9.17, 15) is 14.4 Å². The molecule has 26 heavy (non-hydrogen) atoms. The number of piperidine rings is 1. The monoisotopic (exact) mass is 358 g/mol. The van der Waals surface area contributed by atoms with E-state index in [4.69, 9.17) is 4.74 Å². The smallest absolute Gasteiger partial charge is 0.338 e. The number of carbonyl (C=O) groups is 3. The highest BCUT2D eigenvalue weighted by Gasteiger charge is 2.26. The van der Waals surface area contributed by atoms with Crippen molar-refractivity contribution in [2.24, 2.45) is 0 Å². The Balaban J connectivity index is 1.54. The Hall–Kier alpha value is -2.37. The van der Waals surface area contributed by atoms with Gasteiger partial charge in [0.2, 0.25) is 5.91 Å². The summed E-state index contributed by atoms with van der Waals surface area (Å²) < 4.78 is 5.21. The molecule has 2 heterocycles. The van der Waals surface area contributed by atoms with E-state index in [-0.39, 0.29) is 24.5 Å². The van der Waals surface area contributed by atoms with Gasteiger partial charge < -0.3 is 14.5 Å². The Morgan fingerprint density at radius 3 is 2.54 bits per heavy atom. The van der Waals surface area contributed by atoms with Gasteiger partial charge in [-0.2, -0.15) is 0 Å². The standard InChI is InChI=1S/C20H26N2O4/c1-2-16-6-3-4-12-21(16)19(24)14-26-20(25)15-8-10-17(11-9-15)22-13-5-7-18(22)23/h8-11,16H,2-7,12-14H2,1H3. The molecule has 2 saturated heterocycles. The van der Waals surface area contributed by atoms with Gasteiger partial charge in [-0.3, -0.25) is 9.59 Å². The summed E-state index contributed by atoms with van der Waals surface area (Å²) in [7, 11) is 0. The zero-order valence-corrected chi connectivity index (χ0v) is 15.3. The predicted molar refractivity (Wildman–Crippen MR) is 98.0 cm³/mol. The first-order valence-electron chi connectivity index (χ1n) is 9.47. The molecule has 6 nitrogen and oxygen atoms in total. The van der Waals surface area contributed by atoms with E-state index >= 15 is 0 Å². The van der Waals surface area contributed by atoms with Crippen molar-refractivity contribution in [3.8, 4) is 0 Å². The minimum Gasteiger partial charge on any atom is -0.452 e. The van der Waals surface area contributed by atoms with Gasteiger partial charge in [0, 0.05) is 31.2 Å². The molecule has 0 saturated carbocycles. The number of rotatable bonds is 5. The van der Waals surface area contributed by atoms with Crippen LogP contribution in [-0.2, 0) is 14.3 Å². The maximum atomic E-state index is 12.4. The molecule has 1 aromatic rings. The van der Waals surface area contributed by atoms with Crippen LogP contribution >= 0.6 is 0 Å². The van der Waals surface area contributed by atoms with Crippen LogP contribution in [0.25, 0.3) is 0 Å². The quantitative estimate of drug-likeness (QED) is 0.759. The fourth-order valence-corrected chi connectivity index (χ4v) is 3.75. The molecule has 0 spiro atoms. The van der Waals surface area contributed by atoms with Crippen molar-refractivity contribution < 1.29 is 19.1 Å². The van der Waals surface area contributed by atoms with Crippen LogP contribution in [0.4, 0.5) is 5.69 Å². The van der Waals surface area contributed by atoms with Crippen molar-refractivity contribution in [2.45, 2.75) is 51.5 Å². The van der Waals surface area contributed by atoms with Crippen molar-refractivity contribution >= 4 is 23.5 Å². The number of benzene rings is 1. The summed E-state index contributed by atoms with van der Waals surface area (Å²) in [5.74, 6) is -0.523. The van der Waals surface area contributed by atoms with E-state index in [2.05, 4.69) is 6.92 Å². The fraction of sp³-hybridized carbons (Fsp3) is 0.550. The minimum absolute atomic E-state index is 0.109. The molecule has 2 amide bonds. The summed E-state index contributed by atoms with van der Waals surface area (Å²) in [4.78, 5) is 39.9. The zero-order valence-electron chi connectivity index (χ0n) is 15.3. The van der Waals surface area contributed by atoms with Gasteiger partial charge in [-0.05, 0) is 56.4 Å². The van der Waals surface area contributed by atoms with Crippen LogP contribution in [0.15, 0.2) is 24.3 Å². The van der Waals surface area contributed by atoms with Crippen molar-refractivity contribution in [1.82, 2.24) is 4.90 Å². The summed E-state index contributed by atoms with van der Waals surface area (Å²) in [6.45, 7) is 3.32. The summed E-state index contributed by atoms with van der Waals surface area (Å²) in [5, 5.41) is 0. The van der Waals surface area contributed by atoms with E-state index in [0.717, 1.165) is 44.3 Å². The first-order valence-corrected chi connectivity index (χ1v) is 9.47. The second-order valence-corrected chi connectivity index (χ2v) is 6.92. The van der Waals surface area contributed by atoms with Crippen LogP contribution in [0.1, 0.15) is 55.8 Å². The van der Waals surface area contributed by atoms with Gasteiger partial charge in [0.25, 0.3) is 5.91 Å². The fourth-order valence-electron chi connectivity index (χ4n) is 3.75. The van der Waals surface area contributed by atoms with E-state index in [1.54, 1.807) is 29.2 Å². The van der Waals surface area contributed by atoms with Gasteiger partial charge in [0.05, 0.1) is 5.56 Å². The Morgan fingerprint density at radius 2 is 1.88 bits per heavy atom. The number of hydrogen-bond acceptors (Lipinski definition) is 4. The van der Waals surface area contributed by atoms with Crippen LogP contribution in [0.2, 0.25) is 0 Å². The Morgan fingerprint density at radius 1 is 1.12 bits per heavy atom. The molecule has 0 bridgehead atoms. The molecule has 1 unspecified atom stereocenters. The number of anilines is 1. The van der Waals surface area contributed by atoms with Crippen molar-refractivity contribution in [3.05, 3.63) is 29.8 Å². The molecule has 1 atom stereocenters. The Bertz CT molecular complexity index is 671. The topological polar surface area (TPSA) is 66.9 Å². The van der Waals surface area contributed by atoms with Crippen molar-refractivity contribution in [3.63, 3.8) is 0 Å². The van der Waals surface area contributed by atoms with Crippen molar-refractivity contribution in [1.29, 1.82) is 0 Å². The van der Waals surface area contributed by atoms with Gasteiger partial charge in [-0.1, -0.05) is 6.92 Å². The van der Waals surface area contributed by atoms with Crippen LogP contribution in [0, 0.1) is 0 Å². The number of esters is 1. The predicted octanol–water partition coefficient (Wildman–Crippen LogP) is 2.76. The number of hydrogen-bond donors (Lipinski definition) is 0. The molecule has 0 N–H and O–H groups in total. The number of ether oxygens (including phenoxy) is 1. The second-order valence-electron chi connectivity index (χ2n) is 6.92. The first-order chi connectivity index (χ1) is 12.6. The highest BCUT2D eigenvalue weighted by molar-refractivity contribution is 5.96. The zero-order chi connectivity index (χ0) is 18.5. The molecule has 140 valence electrons. The maximum Gasteiger partial charge on any atom is 0.338 e. The lowest BCUT2D eigenvalue weighted by Crippen LogP contribution is -2.45. The summed E-state index contributed by atoms with van der Waals surface area (Å²) in [6, 6.07) is 7.04. The Kier molecular flexibility index (Phi) is 5.91. The lowest BCUT2D eigenvalue weighted by Gasteiger charge is -2.35. The van der Waals surface area contributed by atoms with E-state index in [1.165, 1.54) is 0 Å². The van der Waals surface area contributed by atoms with Gasteiger partial charge in [-0.15, -0.1) is 0 Å². The number of amides is 2. The number of nitrogens with zero attached hydrogens (tertiary/aromatic N) is 2. The molecule has 6 heteroatoms. The van der Waals surface area contributed by atoms with E-state index in [1.807, 2.05) is 4.90 Å². The average molecular weight is 358 g/mol. The van der Waals surface area contributed by atoms with E-state index < -0.39 is 5.97 Å². The summed E-state index contributed by atoms with van der Waals surface area (Å²) in [5.41, 5.74) is 1.18. The average Bonchev–Trinajstić information content (AvgIpc) is 3.11. The van der Waals surface area contributed by atoms with Crippen LogP contribution in [0.3, 0.4) is 0 Å². The summed E-state index contributed by atoms with van der Waals surface area (Å²) in [6.07, 6.45) is 5.53. The third-order valence-corrected chi connectivity index (χ3v) is 5.23. The van der Waals surface area contributed by atoms with Crippen molar-refractivity contribution in [2.75, 3.05) is 24.6 Å². The van der Waals surface area contributed by atoms with Gasteiger partial charge in [0.1, 0.15) is 0 Å². The van der Waals surface area contributed by atoms with Crippen LogP contribution in [-0.4, -0.2) is 48.4 Å². The molecule has 2 aliphatic heterocycles. The molecule has 0 aliphatic carbocycles. The second kappa shape index (κ2) is 8.34. The number of likely N-dealkylation sites (tertiary alicyclic amines) is 1. The lowest BCUT2D eigenvalue weighted by atomic mass is 10.00. The van der Waals surface area contributed by atoms with Gasteiger partial charge >= 0.3 is 5.97 Å². The van der Waals surface area contributed by atoms with Crippen LogP contribution < -0.4 is 4.90 Å². The van der Waals surface area contributed by atoms with Crippen LogP contribution in [0.5, 0.6) is 0 Å². The van der Waals surface area contributed by atoms with Gasteiger partial charge in [0.15, 0.2) is 6.61 Å². The van der Waals surface area contributed by atoms with Gasteiger partial charge in [-0.25, -0.2) is 4.79 Å². The summed E-state index contributed by atoms with van der Waals surface area (Å²) >= 11 is 0.